The summed E-state index contributed by atoms with van der Waals surface area (Å²) >= 11 is 0. The number of carbonyl (C=O) groups is 2. The van der Waals surface area contributed by atoms with E-state index in [0.29, 0.717) is 16.9 Å². The molecule has 2 N–H and O–H groups in total. The summed E-state index contributed by atoms with van der Waals surface area (Å²) < 4.78 is 5.12. The number of nitrogens with one attached hydrogen (secondary N) is 1. The molecule has 0 saturated heterocycles. The minimum atomic E-state index is -1.10. The topological polar surface area (TPSA) is 75.6 Å². The van der Waals surface area contributed by atoms with E-state index in [0.717, 1.165) is 16.7 Å². The summed E-state index contributed by atoms with van der Waals surface area (Å²) in [6.07, 6.45) is 0. The molecule has 2 rings (SSSR count). The van der Waals surface area contributed by atoms with E-state index in [2.05, 4.69) is 5.32 Å². The molecule has 2 aromatic carbocycles. The standard InChI is InChI=1S/C19H21NO4/c1-11-5-6-14(9-12(11)2)17(19(22)23)20-18(21)16-8-7-15(24-4)10-13(16)3/h5-10,17H,1-4H3,(H,20,21)(H,22,23). The number of carbonyl (C=O) groups excluding carboxylic acids is 1. The summed E-state index contributed by atoms with van der Waals surface area (Å²) in [5, 5.41) is 12.1. The molecule has 0 bridgehead atoms. The quantitative estimate of drug-likeness (QED) is 0.884. The van der Waals surface area contributed by atoms with Crippen molar-refractivity contribution in [1.82, 2.24) is 5.32 Å². The fourth-order valence-corrected chi connectivity index (χ4v) is 2.46. The Morgan fingerprint density at radius 2 is 1.71 bits per heavy atom. The Labute approximate surface area is 141 Å². The molecule has 126 valence electrons. The zero-order valence-electron chi connectivity index (χ0n) is 14.2. The fraction of sp³-hybridized carbons (Fsp3) is 0.263. The number of aryl methyl sites for hydroxylation is 3. The summed E-state index contributed by atoms with van der Waals surface area (Å²) in [5.74, 6) is -0.883. The highest BCUT2D eigenvalue weighted by atomic mass is 16.5. The van der Waals surface area contributed by atoms with Crippen LogP contribution < -0.4 is 10.1 Å². The Hall–Kier alpha value is -2.82. The van der Waals surface area contributed by atoms with Gasteiger partial charge < -0.3 is 15.2 Å². The summed E-state index contributed by atoms with van der Waals surface area (Å²) in [5.41, 5.74) is 3.74. The molecule has 0 aliphatic carbocycles. The van der Waals surface area contributed by atoms with Crippen LogP contribution in [-0.4, -0.2) is 24.1 Å². The lowest BCUT2D eigenvalue weighted by Gasteiger charge is -2.17. The van der Waals surface area contributed by atoms with Crippen LogP contribution in [-0.2, 0) is 4.79 Å². The monoisotopic (exact) mass is 327 g/mol. The van der Waals surface area contributed by atoms with E-state index in [-0.39, 0.29) is 0 Å². The van der Waals surface area contributed by atoms with Gasteiger partial charge in [0.2, 0.25) is 0 Å². The van der Waals surface area contributed by atoms with E-state index >= 15 is 0 Å². The van der Waals surface area contributed by atoms with Gasteiger partial charge in [0.1, 0.15) is 5.75 Å². The molecular weight excluding hydrogens is 306 g/mol. The number of hydrogen-bond acceptors (Lipinski definition) is 3. The van der Waals surface area contributed by atoms with Crippen LogP contribution in [0.1, 0.15) is 38.7 Å². The van der Waals surface area contributed by atoms with Gasteiger partial charge in [-0.3, -0.25) is 4.79 Å². The molecule has 0 fully saturated rings. The normalized spacial score (nSPS) is 11.7. The van der Waals surface area contributed by atoms with Crippen LogP contribution in [0.3, 0.4) is 0 Å². The van der Waals surface area contributed by atoms with Gasteiger partial charge in [0.15, 0.2) is 6.04 Å². The average Bonchev–Trinajstić information content (AvgIpc) is 2.54. The third-order valence-electron chi connectivity index (χ3n) is 4.06. The molecule has 0 aromatic heterocycles. The van der Waals surface area contributed by atoms with Crippen LogP contribution in [0.25, 0.3) is 0 Å². The molecule has 24 heavy (non-hydrogen) atoms. The molecule has 0 spiro atoms. The van der Waals surface area contributed by atoms with Gasteiger partial charge >= 0.3 is 5.97 Å². The first-order valence-electron chi connectivity index (χ1n) is 7.59. The highest BCUT2D eigenvalue weighted by Gasteiger charge is 2.23. The second-order valence-corrected chi connectivity index (χ2v) is 5.77. The van der Waals surface area contributed by atoms with Crippen molar-refractivity contribution >= 4 is 11.9 Å². The number of methoxy groups -OCH3 is 1. The zero-order valence-corrected chi connectivity index (χ0v) is 14.2. The minimum Gasteiger partial charge on any atom is -0.497 e. The van der Waals surface area contributed by atoms with Crippen molar-refractivity contribution in [2.75, 3.05) is 7.11 Å². The lowest BCUT2D eigenvalue weighted by atomic mass is 10.00. The zero-order chi connectivity index (χ0) is 17.9. The predicted molar refractivity (Wildman–Crippen MR) is 91.5 cm³/mol. The SMILES string of the molecule is COc1ccc(C(=O)NC(C(=O)O)c2ccc(C)c(C)c2)c(C)c1. The number of rotatable bonds is 5. The van der Waals surface area contributed by atoms with Crippen LogP contribution in [0.15, 0.2) is 36.4 Å². The highest BCUT2D eigenvalue weighted by molar-refractivity contribution is 5.98. The molecule has 0 aliphatic heterocycles. The van der Waals surface area contributed by atoms with E-state index in [1.54, 1.807) is 44.4 Å². The van der Waals surface area contributed by atoms with Crippen molar-refractivity contribution < 1.29 is 19.4 Å². The van der Waals surface area contributed by atoms with Gasteiger partial charge in [-0.1, -0.05) is 18.2 Å². The Morgan fingerprint density at radius 1 is 1.00 bits per heavy atom. The van der Waals surface area contributed by atoms with Crippen molar-refractivity contribution in [3.8, 4) is 5.75 Å². The maximum absolute atomic E-state index is 12.5. The highest BCUT2D eigenvalue weighted by Crippen LogP contribution is 2.20. The molecule has 1 unspecified atom stereocenters. The molecule has 0 saturated carbocycles. The van der Waals surface area contributed by atoms with E-state index in [1.165, 1.54) is 0 Å². The van der Waals surface area contributed by atoms with Gasteiger partial charge in [0.05, 0.1) is 7.11 Å². The van der Waals surface area contributed by atoms with E-state index < -0.39 is 17.9 Å². The molecule has 2 aromatic rings. The summed E-state index contributed by atoms with van der Waals surface area (Å²) in [7, 11) is 1.55. The van der Waals surface area contributed by atoms with Crippen LogP contribution in [0.4, 0.5) is 0 Å². The summed E-state index contributed by atoms with van der Waals surface area (Å²) in [6, 6.07) is 9.30. The summed E-state index contributed by atoms with van der Waals surface area (Å²) in [4.78, 5) is 24.1. The van der Waals surface area contributed by atoms with Gasteiger partial charge in [-0.25, -0.2) is 4.79 Å². The Morgan fingerprint density at radius 3 is 2.25 bits per heavy atom. The second kappa shape index (κ2) is 7.17. The smallest absolute Gasteiger partial charge is 0.330 e. The van der Waals surface area contributed by atoms with Crippen LogP contribution in [0.5, 0.6) is 5.75 Å². The van der Waals surface area contributed by atoms with Gasteiger partial charge in [0.25, 0.3) is 5.91 Å². The first-order chi connectivity index (χ1) is 11.3. The number of carboxylic acid groups (broad SMARTS) is 1. The van der Waals surface area contributed by atoms with Crippen molar-refractivity contribution in [2.45, 2.75) is 26.8 Å². The third kappa shape index (κ3) is 3.74. The first kappa shape index (κ1) is 17.5. The predicted octanol–water partition coefficient (Wildman–Crippen LogP) is 3.18. The largest absolute Gasteiger partial charge is 0.497 e. The average molecular weight is 327 g/mol. The Balaban J connectivity index is 2.29. The number of amides is 1. The molecule has 1 atom stereocenters. The number of carboxylic acids is 1. The van der Waals surface area contributed by atoms with Gasteiger partial charge in [-0.05, 0) is 61.2 Å². The Bertz CT molecular complexity index is 783. The van der Waals surface area contributed by atoms with E-state index in [9.17, 15) is 14.7 Å². The van der Waals surface area contributed by atoms with Crippen LogP contribution in [0, 0.1) is 20.8 Å². The number of hydrogen-bond donors (Lipinski definition) is 2. The molecule has 5 heteroatoms. The van der Waals surface area contributed by atoms with Crippen molar-refractivity contribution in [3.05, 3.63) is 64.2 Å². The lowest BCUT2D eigenvalue weighted by Crippen LogP contribution is -2.34. The fourth-order valence-electron chi connectivity index (χ4n) is 2.46. The molecule has 5 nitrogen and oxygen atoms in total. The van der Waals surface area contributed by atoms with Crippen molar-refractivity contribution in [2.24, 2.45) is 0 Å². The lowest BCUT2D eigenvalue weighted by molar-refractivity contribution is -0.139. The third-order valence-corrected chi connectivity index (χ3v) is 4.06. The second-order valence-electron chi connectivity index (χ2n) is 5.77. The van der Waals surface area contributed by atoms with E-state index in [4.69, 9.17) is 4.74 Å². The molecular formula is C19H21NO4. The van der Waals surface area contributed by atoms with Gasteiger partial charge in [0, 0.05) is 5.56 Å². The number of ether oxygens (including phenoxy) is 1. The van der Waals surface area contributed by atoms with Crippen LogP contribution >= 0.6 is 0 Å². The molecule has 0 radical (unpaired) electrons. The van der Waals surface area contributed by atoms with Gasteiger partial charge in [-0.15, -0.1) is 0 Å². The van der Waals surface area contributed by atoms with Crippen molar-refractivity contribution in [1.29, 1.82) is 0 Å². The van der Waals surface area contributed by atoms with E-state index in [1.807, 2.05) is 19.9 Å². The molecule has 0 aliphatic rings. The first-order valence-corrected chi connectivity index (χ1v) is 7.59. The summed E-state index contributed by atoms with van der Waals surface area (Å²) in [6.45, 7) is 5.64. The number of aliphatic carboxylic acids is 1. The van der Waals surface area contributed by atoms with Crippen molar-refractivity contribution in [3.63, 3.8) is 0 Å². The maximum atomic E-state index is 12.5. The minimum absolute atomic E-state index is 0.422. The number of benzene rings is 2. The van der Waals surface area contributed by atoms with Gasteiger partial charge in [-0.2, -0.15) is 0 Å². The van der Waals surface area contributed by atoms with Crippen LogP contribution in [0.2, 0.25) is 0 Å². The maximum Gasteiger partial charge on any atom is 0.330 e. The molecule has 1 amide bonds. The Kier molecular flexibility index (Phi) is 5.24. The molecule has 0 heterocycles.